The molecule has 0 amide bonds. The Morgan fingerprint density at radius 2 is 1.66 bits per heavy atom. The Balaban J connectivity index is 1.28. The summed E-state index contributed by atoms with van der Waals surface area (Å²) in [5.41, 5.74) is -3.32. The lowest BCUT2D eigenvalue weighted by atomic mass is 9.95. The van der Waals surface area contributed by atoms with E-state index in [1.165, 1.54) is 5.37 Å². The minimum absolute atomic E-state index is 0.0850. The molecule has 2 heterocycles. The predicted molar refractivity (Wildman–Crippen MR) is 141 cm³/mol. The third-order valence-electron chi connectivity index (χ3n) is 6.97. The summed E-state index contributed by atoms with van der Waals surface area (Å²) in [6.07, 6.45) is -7.60. The molecule has 16 heteroatoms. The molecule has 2 aromatic rings. The number of pyridine rings is 1. The molecule has 1 unspecified atom stereocenters. The van der Waals surface area contributed by atoms with E-state index in [2.05, 4.69) is 4.98 Å². The molecule has 2 fully saturated rings. The number of halogens is 7. The summed E-state index contributed by atoms with van der Waals surface area (Å²) in [5, 5.41) is 12.4. The molecular formula is C25H25ClF6N4O4S. The van der Waals surface area contributed by atoms with Crippen molar-refractivity contribution in [3.05, 3.63) is 56.7 Å². The second-order valence-corrected chi connectivity index (χ2v) is 10.3. The van der Waals surface area contributed by atoms with Crippen LogP contribution in [0.2, 0.25) is 5.02 Å². The molecule has 1 atom stereocenters. The fourth-order valence-corrected chi connectivity index (χ4v) is 5.38. The highest BCUT2D eigenvalue weighted by molar-refractivity contribution is 7.79. The summed E-state index contributed by atoms with van der Waals surface area (Å²) < 4.78 is 90.4. The number of thiocarbonyl (C=S) groups is 1. The first-order chi connectivity index (χ1) is 19.3. The summed E-state index contributed by atoms with van der Waals surface area (Å²) in [6.45, 7) is 1.88. The van der Waals surface area contributed by atoms with E-state index in [1.54, 1.807) is 4.90 Å². The van der Waals surface area contributed by atoms with Crippen LogP contribution in [0.25, 0.3) is 0 Å². The maximum Gasteiger partial charge on any atom is 0.423 e. The van der Waals surface area contributed by atoms with Gasteiger partial charge in [-0.05, 0) is 43.9 Å². The van der Waals surface area contributed by atoms with Gasteiger partial charge < -0.3 is 14.4 Å². The summed E-state index contributed by atoms with van der Waals surface area (Å²) in [6, 6.07) is 3.45. The van der Waals surface area contributed by atoms with E-state index in [0.717, 1.165) is 24.4 Å². The number of ether oxygens (including phenoxy) is 2. The van der Waals surface area contributed by atoms with Crippen molar-refractivity contribution in [3.63, 3.8) is 0 Å². The first-order valence-electron chi connectivity index (χ1n) is 12.6. The van der Waals surface area contributed by atoms with Crippen molar-refractivity contribution in [2.24, 2.45) is 0 Å². The first-order valence-corrected chi connectivity index (χ1v) is 13.5. The van der Waals surface area contributed by atoms with Gasteiger partial charge in [-0.1, -0.05) is 23.8 Å². The quantitative estimate of drug-likeness (QED) is 0.142. The van der Waals surface area contributed by atoms with Gasteiger partial charge in [-0.2, -0.15) is 26.3 Å². The van der Waals surface area contributed by atoms with Gasteiger partial charge in [-0.25, -0.2) is 4.98 Å². The Morgan fingerprint density at radius 3 is 2.20 bits per heavy atom. The third kappa shape index (κ3) is 7.76. The van der Waals surface area contributed by atoms with Gasteiger partial charge >= 0.3 is 12.4 Å². The van der Waals surface area contributed by atoms with Crippen LogP contribution in [0.4, 0.5) is 37.8 Å². The van der Waals surface area contributed by atoms with Crippen molar-refractivity contribution in [1.29, 1.82) is 0 Å². The van der Waals surface area contributed by atoms with Crippen molar-refractivity contribution in [2.45, 2.75) is 56.5 Å². The largest absolute Gasteiger partial charge is 0.490 e. The zero-order valence-corrected chi connectivity index (χ0v) is 22.9. The van der Waals surface area contributed by atoms with Gasteiger partial charge in [0.15, 0.2) is 0 Å². The number of aromatic nitrogens is 1. The number of nitro groups is 1. The minimum Gasteiger partial charge on any atom is -0.490 e. The lowest BCUT2D eigenvalue weighted by Gasteiger charge is -2.40. The van der Waals surface area contributed by atoms with Crippen LogP contribution in [0.5, 0.6) is 5.75 Å². The molecule has 224 valence electrons. The number of piperazine rings is 1. The number of nitro benzene ring substituents is 1. The zero-order valence-electron chi connectivity index (χ0n) is 21.3. The number of benzene rings is 1. The molecule has 8 nitrogen and oxygen atoms in total. The Hall–Kier alpha value is -2.75. The molecular weight excluding hydrogens is 602 g/mol. The number of anilines is 1. The molecule has 4 rings (SSSR count). The molecule has 41 heavy (non-hydrogen) atoms. The summed E-state index contributed by atoms with van der Waals surface area (Å²) >= 11 is 11.3. The summed E-state index contributed by atoms with van der Waals surface area (Å²) in [4.78, 5) is 17.6. The topological polar surface area (TPSA) is 81.0 Å². The SMILES string of the molecule is O=[N+]([O-])c1ccc(OC2CCC(OC(C=S)N3CCN(c4ncc(C(F)(F)F)cc4Cl)CC3)CC2)cc1C(F)(F)F. The first kappa shape index (κ1) is 31.2. The number of rotatable bonds is 8. The highest BCUT2D eigenvalue weighted by Crippen LogP contribution is 2.39. The van der Waals surface area contributed by atoms with E-state index in [1.807, 2.05) is 4.90 Å². The van der Waals surface area contributed by atoms with Gasteiger partial charge in [-0.15, -0.1) is 0 Å². The Bertz CT molecular complexity index is 1250. The van der Waals surface area contributed by atoms with Crippen molar-refractivity contribution < 1.29 is 40.7 Å². The summed E-state index contributed by atoms with van der Waals surface area (Å²) in [5.74, 6) is 0.178. The van der Waals surface area contributed by atoms with Gasteiger partial charge in [0.2, 0.25) is 0 Å². The molecule has 1 aliphatic carbocycles. The molecule has 0 spiro atoms. The molecule has 1 aromatic heterocycles. The maximum absolute atomic E-state index is 13.3. The highest BCUT2D eigenvalue weighted by atomic mass is 35.5. The van der Waals surface area contributed by atoms with Crippen molar-refractivity contribution in [3.8, 4) is 5.75 Å². The van der Waals surface area contributed by atoms with Gasteiger partial charge in [0.25, 0.3) is 5.69 Å². The van der Waals surface area contributed by atoms with Gasteiger partial charge in [0.1, 0.15) is 23.4 Å². The fraction of sp³-hybridized carbons (Fsp3) is 0.520. The summed E-state index contributed by atoms with van der Waals surface area (Å²) in [7, 11) is 0. The molecule has 0 bridgehead atoms. The van der Waals surface area contributed by atoms with Gasteiger partial charge in [-0.3, -0.25) is 15.0 Å². The van der Waals surface area contributed by atoms with Crippen LogP contribution in [0.15, 0.2) is 30.5 Å². The van der Waals surface area contributed by atoms with Crippen LogP contribution in [0, 0.1) is 10.1 Å². The van der Waals surface area contributed by atoms with Crippen LogP contribution >= 0.6 is 23.8 Å². The van der Waals surface area contributed by atoms with Gasteiger partial charge in [0, 0.05) is 43.8 Å². The predicted octanol–water partition coefficient (Wildman–Crippen LogP) is 6.54. The number of nitrogens with zero attached hydrogens (tertiary/aromatic N) is 4. The lowest BCUT2D eigenvalue weighted by Crippen LogP contribution is -2.52. The molecule has 0 N–H and O–H groups in total. The molecule has 1 aliphatic heterocycles. The van der Waals surface area contributed by atoms with E-state index in [9.17, 15) is 36.5 Å². The number of hydrogen-bond acceptors (Lipinski definition) is 8. The average Bonchev–Trinajstić information content (AvgIpc) is 2.91. The van der Waals surface area contributed by atoms with Crippen LogP contribution in [0.1, 0.15) is 36.8 Å². The van der Waals surface area contributed by atoms with E-state index in [-0.39, 0.29) is 28.8 Å². The monoisotopic (exact) mass is 626 g/mol. The normalized spacial score (nSPS) is 21.4. The maximum atomic E-state index is 13.3. The Morgan fingerprint density at radius 1 is 1.02 bits per heavy atom. The van der Waals surface area contributed by atoms with Crippen molar-refractivity contribution >= 4 is 40.7 Å². The molecule has 1 saturated heterocycles. The van der Waals surface area contributed by atoms with E-state index in [0.29, 0.717) is 57.9 Å². The van der Waals surface area contributed by atoms with Crippen molar-refractivity contribution in [1.82, 2.24) is 9.88 Å². The second kappa shape index (κ2) is 12.6. The highest BCUT2D eigenvalue weighted by Gasteiger charge is 2.39. The zero-order chi connectivity index (χ0) is 29.9. The molecule has 1 saturated carbocycles. The Kier molecular flexibility index (Phi) is 9.61. The van der Waals surface area contributed by atoms with Crippen molar-refractivity contribution in [2.75, 3.05) is 31.1 Å². The Labute approximate surface area is 241 Å². The molecule has 0 radical (unpaired) electrons. The van der Waals surface area contributed by atoms with Gasteiger partial charge in [0.05, 0.1) is 27.7 Å². The minimum atomic E-state index is -4.89. The number of hydrogen-bond donors (Lipinski definition) is 0. The van der Waals surface area contributed by atoms with Crippen LogP contribution in [0.3, 0.4) is 0 Å². The standard InChI is InChI=1S/C25H25ClF6N4O4S/c26-20-11-15(24(27,28)29)13-33-23(20)35-9-7-34(8-10-35)22(14-41)40-17-3-1-16(2-4-17)39-18-5-6-21(36(37)38)19(12-18)25(30,31)32/h5-6,11-14,16-17,22H,1-4,7-10H2. The fourth-order valence-electron chi connectivity index (χ4n) is 4.86. The number of alkyl halides is 6. The van der Waals surface area contributed by atoms with Crippen LogP contribution < -0.4 is 9.64 Å². The third-order valence-corrected chi connectivity index (χ3v) is 7.48. The van der Waals surface area contributed by atoms with Crippen LogP contribution in [-0.2, 0) is 17.1 Å². The average molecular weight is 627 g/mol. The van der Waals surface area contributed by atoms with E-state index in [4.69, 9.17) is 33.3 Å². The van der Waals surface area contributed by atoms with E-state index >= 15 is 0 Å². The van der Waals surface area contributed by atoms with Crippen LogP contribution in [-0.4, -0.2) is 64.8 Å². The molecule has 1 aromatic carbocycles. The lowest BCUT2D eigenvalue weighted by molar-refractivity contribution is -0.388. The smallest absolute Gasteiger partial charge is 0.423 e. The van der Waals surface area contributed by atoms with E-state index < -0.39 is 40.3 Å². The second-order valence-electron chi connectivity index (χ2n) is 9.66. The molecule has 2 aliphatic rings.